The van der Waals surface area contributed by atoms with Crippen molar-refractivity contribution in [1.29, 1.82) is 0 Å². The Labute approximate surface area is 219 Å². The molecule has 184 valence electrons. The lowest BCUT2D eigenvalue weighted by atomic mass is 10.1. The molecule has 0 radical (unpaired) electrons. The van der Waals surface area contributed by atoms with E-state index in [1.807, 2.05) is 6.92 Å². The summed E-state index contributed by atoms with van der Waals surface area (Å²) < 4.78 is 31.6. The Balaban J connectivity index is 1.62. The molecule has 1 aliphatic heterocycles. The number of halogens is 2. The maximum atomic E-state index is 14.0. The van der Waals surface area contributed by atoms with E-state index in [1.54, 1.807) is 49.4 Å². The number of nitro benzene ring substituents is 1. The molecule has 0 fully saturated rings. The first-order valence-corrected chi connectivity index (χ1v) is 11.9. The molecule has 3 aromatic rings. The molecule has 0 N–H and O–H groups in total. The minimum absolute atomic E-state index is 0.0256. The number of esters is 1. The summed E-state index contributed by atoms with van der Waals surface area (Å²) in [7, 11) is 0. The second-order valence-electron chi connectivity index (χ2n) is 7.74. The Morgan fingerprint density at radius 2 is 1.94 bits per heavy atom. The SMILES string of the molecule is CCOc1cc(/C=C2\N=C(c3ccc([N+](=O)[O-])c(C)c3)OC2=O)cc(I)c1OCc1ccccc1F. The summed E-state index contributed by atoms with van der Waals surface area (Å²) in [6.07, 6.45) is 1.55. The zero-order chi connectivity index (χ0) is 25.8. The van der Waals surface area contributed by atoms with E-state index in [9.17, 15) is 19.3 Å². The van der Waals surface area contributed by atoms with Crippen LogP contribution in [0.2, 0.25) is 0 Å². The van der Waals surface area contributed by atoms with Gasteiger partial charge < -0.3 is 14.2 Å². The van der Waals surface area contributed by atoms with Crippen LogP contribution < -0.4 is 9.47 Å². The van der Waals surface area contributed by atoms with Gasteiger partial charge in [0.15, 0.2) is 17.2 Å². The Hall–Kier alpha value is -3.80. The van der Waals surface area contributed by atoms with Crippen LogP contribution in [0.15, 0.2) is 65.3 Å². The monoisotopic (exact) mass is 602 g/mol. The van der Waals surface area contributed by atoms with Crippen molar-refractivity contribution in [1.82, 2.24) is 0 Å². The van der Waals surface area contributed by atoms with Crippen LogP contribution in [-0.4, -0.2) is 23.4 Å². The van der Waals surface area contributed by atoms with Gasteiger partial charge in [0.1, 0.15) is 12.4 Å². The van der Waals surface area contributed by atoms with Crippen LogP contribution in [0.4, 0.5) is 10.1 Å². The number of rotatable bonds is 8. The van der Waals surface area contributed by atoms with E-state index in [1.165, 1.54) is 18.2 Å². The zero-order valence-electron chi connectivity index (χ0n) is 19.3. The molecule has 3 aromatic carbocycles. The van der Waals surface area contributed by atoms with Crippen LogP contribution in [0.25, 0.3) is 6.08 Å². The molecule has 10 heteroatoms. The van der Waals surface area contributed by atoms with Gasteiger partial charge in [-0.25, -0.2) is 14.2 Å². The number of aryl methyl sites for hydroxylation is 1. The van der Waals surface area contributed by atoms with Gasteiger partial charge >= 0.3 is 5.97 Å². The fourth-order valence-electron chi connectivity index (χ4n) is 3.52. The smallest absolute Gasteiger partial charge is 0.363 e. The average molecular weight is 602 g/mol. The van der Waals surface area contributed by atoms with Gasteiger partial charge in [0.2, 0.25) is 5.90 Å². The number of carbonyl (C=O) groups is 1. The molecule has 8 nitrogen and oxygen atoms in total. The van der Waals surface area contributed by atoms with Gasteiger partial charge in [-0.15, -0.1) is 0 Å². The molecular formula is C26H20FIN2O6. The van der Waals surface area contributed by atoms with Gasteiger partial charge in [-0.1, -0.05) is 18.2 Å². The second kappa shape index (κ2) is 10.9. The highest BCUT2D eigenvalue weighted by Crippen LogP contribution is 2.36. The first kappa shape index (κ1) is 25.3. The van der Waals surface area contributed by atoms with Crippen molar-refractivity contribution in [3.8, 4) is 11.5 Å². The third kappa shape index (κ3) is 5.54. The highest BCUT2D eigenvalue weighted by molar-refractivity contribution is 14.1. The van der Waals surface area contributed by atoms with Gasteiger partial charge in [-0.3, -0.25) is 10.1 Å². The van der Waals surface area contributed by atoms with E-state index in [2.05, 4.69) is 27.6 Å². The summed E-state index contributed by atoms with van der Waals surface area (Å²) in [6.45, 7) is 3.83. The predicted molar refractivity (Wildman–Crippen MR) is 139 cm³/mol. The maximum Gasteiger partial charge on any atom is 0.363 e. The number of benzene rings is 3. The molecule has 0 aliphatic carbocycles. The van der Waals surface area contributed by atoms with Crippen LogP contribution in [0, 0.1) is 26.4 Å². The lowest BCUT2D eigenvalue weighted by Gasteiger charge is -2.15. The van der Waals surface area contributed by atoms with Crippen molar-refractivity contribution in [2.75, 3.05) is 6.61 Å². The number of cyclic esters (lactones) is 1. The summed E-state index contributed by atoms with van der Waals surface area (Å²) in [5, 5.41) is 11.1. The molecule has 36 heavy (non-hydrogen) atoms. The summed E-state index contributed by atoms with van der Waals surface area (Å²) in [5.74, 6) is -0.0392. The summed E-state index contributed by atoms with van der Waals surface area (Å²) in [6, 6.07) is 14.2. The molecule has 0 saturated heterocycles. The normalized spacial score (nSPS) is 13.9. The predicted octanol–water partition coefficient (Wildman–Crippen LogP) is 5.97. The number of carbonyl (C=O) groups excluding carboxylic acids is 1. The molecule has 0 bridgehead atoms. The first-order valence-electron chi connectivity index (χ1n) is 10.9. The molecule has 0 amide bonds. The van der Waals surface area contributed by atoms with Gasteiger partial charge in [0.25, 0.3) is 5.69 Å². The molecule has 4 rings (SSSR count). The highest BCUT2D eigenvalue weighted by atomic mass is 127. The summed E-state index contributed by atoms with van der Waals surface area (Å²) in [5.41, 5.74) is 1.96. The minimum Gasteiger partial charge on any atom is -0.490 e. The van der Waals surface area contributed by atoms with E-state index < -0.39 is 10.9 Å². The van der Waals surface area contributed by atoms with Crippen LogP contribution in [-0.2, 0) is 16.1 Å². The van der Waals surface area contributed by atoms with Crippen molar-refractivity contribution in [3.63, 3.8) is 0 Å². The van der Waals surface area contributed by atoms with Crippen LogP contribution in [0.5, 0.6) is 11.5 Å². The van der Waals surface area contributed by atoms with Crippen molar-refractivity contribution in [3.05, 3.63) is 102 Å². The number of aliphatic imine (C=N–C) groups is 1. The van der Waals surface area contributed by atoms with Crippen LogP contribution in [0.3, 0.4) is 0 Å². The second-order valence-corrected chi connectivity index (χ2v) is 8.90. The Kier molecular flexibility index (Phi) is 7.63. The quantitative estimate of drug-likeness (QED) is 0.104. The van der Waals surface area contributed by atoms with E-state index in [0.717, 1.165) is 0 Å². The van der Waals surface area contributed by atoms with Gasteiger partial charge in [0.05, 0.1) is 15.1 Å². The topological polar surface area (TPSA) is 100 Å². The lowest BCUT2D eigenvalue weighted by molar-refractivity contribution is -0.385. The zero-order valence-corrected chi connectivity index (χ0v) is 21.4. The standard InChI is InChI=1S/C26H20FIN2O6/c1-3-34-23-13-16(11-20(28)24(23)35-14-18-6-4-5-7-19(18)27)12-21-26(31)36-25(29-21)17-8-9-22(30(32)33)15(2)10-17/h4-13H,3,14H2,1-2H3/b21-12-. The fourth-order valence-corrected chi connectivity index (χ4v) is 4.30. The van der Waals surface area contributed by atoms with Crippen LogP contribution >= 0.6 is 22.6 Å². The Morgan fingerprint density at radius 1 is 1.17 bits per heavy atom. The molecule has 1 aliphatic rings. The first-order chi connectivity index (χ1) is 17.3. The molecule has 1 heterocycles. The number of nitro groups is 1. The maximum absolute atomic E-state index is 14.0. The average Bonchev–Trinajstić information content (AvgIpc) is 3.19. The fraction of sp³-hybridized carbons (Fsp3) is 0.154. The van der Waals surface area contributed by atoms with Gasteiger partial charge in [-0.05, 0) is 78.4 Å². The molecule has 0 aromatic heterocycles. The van der Waals surface area contributed by atoms with Crippen molar-refractivity contribution < 1.29 is 28.3 Å². The van der Waals surface area contributed by atoms with E-state index in [-0.39, 0.29) is 29.7 Å². The third-order valence-electron chi connectivity index (χ3n) is 5.23. The van der Waals surface area contributed by atoms with E-state index in [0.29, 0.717) is 43.9 Å². The molecule has 0 spiro atoms. The molecular weight excluding hydrogens is 582 g/mol. The largest absolute Gasteiger partial charge is 0.490 e. The number of hydrogen-bond acceptors (Lipinski definition) is 7. The van der Waals surface area contributed by atoms with Crippen molar-refractivity contribution >= 4 is 46.2 Å². The van der Waals surface area contributed by atoms with Crippen LogP contribution in [0.1, 0.15) is 29.2 Å². The minimum atomic E-state index is -0.645. The molecule has 0 atom stereocenters. The number of ether oxygens (including phenoxy) is 3. The Morgan fingerprint density at radius 3 is 2.64 bits per heavy atom. The van der Waals surface area contributed by atoms with Gasteiger partial charge in [0, 0.05) is 22.8 Å². The number of hydrogen-bond donors (Lipinski definition) is 0. The summed E-state index contributed by atoms with van der Waals surface area (Å²) in [4.78, 5) is 27.3. The molecule has 0 saturated carbocycles. The van der Waals surface area contributed by atoms with Crippen molar-refractivity contribution in [2.24, 2.45) is 4.99 Å². The van der Waals surface area contributed by atoms with E-state index in [4.69, 9.17) is 14.2 Å². The summed E-state index contributed by atoms with van der Waals surface area (Å²) >= 11 is 2.08. The highest BCUT2D eigenvalue weighted by Gasteiger charge is 2.26. The van der Waals surface area contributed by atoms with Crippen molar-refractivity contribution in [2.45, 2.75) is 20.5 Å². The van der Waals surface area contributed by atoms with Gasteiger partial charge in [-0.2, -0.15) is 0 Å². The third-order valence-corrected chi connectivity index (χ3v) is 6.03. The van der Waals surface area contributed by atoms with E-state index >= 15 is 0 Å². The Bertz CT molecular complexity index is 1420. The number of nitrogens with zero attached hydrogens (tertiary/aromatic N) is 2. The lowest BCUT2D eigenvalue weighted by Crippen LogP contribution is -2.06. The molecule has 0 unspecified atom stereocenters.